The Morgan fingerprint density at radius 1 is 0.543 bits per heavy atom. The van der Waals surface area contributed by atoms with E-state index in [1.807, 2.05) is 0 Å². The van der Waals surface area contributed by atoms with Crippen LogP contribution < -0.4 is 0 Å². The number of halogens is 1. The molecule has 0 spiro atoms. The number of hydrogen-bond donors (Lipinski definition) is 0. The minimum atomic E-state index is 0.204. The van der Waals surface area contributed by atoms with E-state index in [-0.39, 0.29) is 24.2 Å². The molecule has 1 saturated heterocycles. The predicted molar refractivity (Wildman–Crippen MR) is 142 cm³/mol. The molecular formula is C31H31ClCuN2. The average molecular weight is 531 g/mol. The van der Waals surface area contributed by atoms with Crippen LogP contribution in [0.4, 0.5) is 0 Å². The van der Waals surface area contributed by atoms with Crippen LogP contribution in [0.25, 0.3) is 0 Å². The Hall–Kier alpha value is -2.39. The Bertz CT molecular complexity index is 1050. The molecule has 35 heavy (non-hydrogen) atoms. The molecular weight excluding hydrogens is 499 g/mol. The van der Waals surface area contributed by atoms with Crippen molar-refractivity contribution < 1.29 is 15.1 Å². The zero-order valence-electron chi connectivity index (χ0n) is 20.0. The van der Waals surface area contributed by atoms with Crippen molar-refractivity contribution in [3.63, 3.8) is 0 Å². The summed E-state index contributed by atoms with van der Waals surface area (Å²) in [7, 11) is 4.20. The fraction of sp³-hybridized carbons (Fsp3) is 0.194. The maximum absolute atomic E-state index is 4.20. The van der Waals surface area contributed by atoms with Gasteiger partial charge in [0.05, 0.1) is 0 Å². The third kappa shape index (κ3) is 5.72. The van der Waals surface area contributed by atoms with Gasteiger partial charge in [0.25, 0.3) is 0 Å². The predicted octanol–water partition coefficient (Wildman–Crippen LogP) is 8.42. The van der Waals surface area contributed by atoms with Crippen molar-refractivity contribution >= 4 is 10.1 Å². The van der Waals surface area contributed by atoms with Crippen LogP contribution in [-0.2, 0) is 15.1 Å². The van der Waals surface area contributed by atoms with Gasteiger partial charge in [-0.15, -0.1) is 0 Å². The van der Waals surface area contributed by atoms with Gasteiger partial charge in [0.1, 0.15) is 0 Å². The molecule has 1 fully saturated rings. The zero-order valence-corrected chi connectivity index (χ0v) is 21.7. The number of hydrogen-bond acceptors (Lipinski definition) is 2. The molecule has 0 N–H and O–H groups in total. The van der Waals surface area contributed by atoms with Crippen LogP contribution in [0, 0.1) is 6.67 Å². The summed E-state index contributed by atoms with van der Waals surface area (Å²) in [6, 6.07) is 44.5. The Balaban J connectivity index is 0.00000141. The summed E-state index contributed by atoms with van der Waals surface area (Å²) in [5, 5.41) is 0. The average Bonchev–Trinajstić information content (AvgIpc) is 3.36. The second kappa shape index (κ2) is 12.5. The normalized spacial score (nSPS) is 20.0. The summed E-state index contributed by atoms with van der Waals surface area (Å²) in [6.45, 7) is 7.02. The van der Waals surface area contributed by atoms with Crippen molar-refractivity contribution in [1.82, 2.24) is 9.80 Å². The fourth-order valence-corrected chi connectivity index (χ4v) is 5.12. The van der Waals surface area contributed by atoms with E-state index >= 15 is 0 Å². The molecule has 4 atom stereocenters. The van der Waals surface area contributed by atoms with Crippen LogP contribution in [0.15, 0.2) is 121 Å². The molecule has 5 rings (SSSR count). The van der Waals surface area contributed by atoms with Crippen LogP contribution in [0.2, 0.25) is 0 Å². The van der Waals surface area contributed by atoms with E-state index in [4.69, 9.17) is 0 Å². The third-order valence-electron chi connectivity index (χ3n) is 6.95. The second-order valence-corrected chi connectivity index (χ2v) is 8.89. The standard InChI is InChI=1S/C31H31N2.ClH.Cu/c1-24(26-15-7-3-8-16-26)32-23-33(25(2)27-17-9-4-10-18-27)31(29-21-13-6-14-22-29)30(32)28-19-11-5-12-20-28;;/h3-25,30-31H,1-2H3;1H;/q-1;;+2/p-1/t24-,25-,30-,31-;;/m1../s1. The van der Waals surface area contributed by atoms with E-state index in [0.717, 1.165) is 0 Å². The third-order valence-corrected chi connectivity index (χ3v) is 6.95. The summed E-state index contributed by atoms with van der Waals surface area (Å²) in [6.07, 6.45) is 0. The Morgan fingerprint density at radius 2 is 0.829 bits per heavy atom. The van der Waals surface area contributed by atoms with Gasteiger partial charge < -0.3 is 9.80 Å². The molecule has 0 radical (unpaired) electrons. The molecule has 0 aromatic heterocycles. The molecule has 0 bridgehead atoms. The quantitative estimate of drug-likeness (QED) is 0.182. The molecule has 1 aliphatic heterocycles. The van der Waals surface area contributed by atoms with Crippen molar-refractivity contribution in [2.24, 2.45) is 0 Å². The van der Waals surface area contributed by atoms with E-state index in [0.29, 0.717) is 0 Å². The van der Waals surface area contributed by atoms with Gasteiger partial charge in [-0.05, 0) is 36.1 Å². The monoisotopic (exact) mass is 529 g/mol. The Labute approximate surface area is 222 Å². The second-order valence-electron chi connectivity index (χ2n) is 8.89. The van der Waals surface area contributed by atoms with Gasteiger partial charge in [0, 0.05) is 24.2 Å². The van der Waals surface area contributed by atoms with Crippen molar-refractivity contribution in [2.45, 2.75) is 38.0 Å². The maximum atomic E-state index is 4.20. The van der Waals surface area contributed by atoms with Gasteiger partial charge in [-0.3, -0.25) is 0 Å². The van der Waals surface area contributed by atoms with E-state index in [2.05, 4.69) is 177 Å². The van der Waals surface area contributed by atoms with E-state index in [1.165, 1.54) is 22.3 Å². The zero-order chi connectivity index (χ0) is 24.6. The van der Waals surface area contributed by atoms with Gasteiger partial charge in [-0.1, -0.05) is 121 Å². The molecule has 183 valence electrons. The van der Waals surface area contributed by atoms with Gasteiger partial charge in [0.15, 0.2) is 0 Å². The van der Waals surface area contributed by atoms with Gasteiger partial charge in [-0.2, -0.15) is 0 Å². The van der Waals surface area contributed by atoms with E-state index in [9.17, 15) is 0 Å². The summed E-state index contributed by atoms with van der Waals surface area (Å²) < 4.78 is 0. The van der Waals surface area contributed by atoms with E-state index < -0.39 is 0 Å². The fourth-order valence-electron chi connectivity index (χ4n) is 5.12. The summed E-state index contributed by atoms with van der Waals surface area (Å²) in [5.74, 6) is 0. The summed E-state index contributed by atoms with van der Waals surface area (Å²) in [5.41, 5.74) is 5.34. The van der Waals surface area contributed by atoms with Crippen molar-refractivity contribution in [1.29, 1.82) is 0 Å². The number of benzene rings is 4. The van der Waals surface area contributed by atoms with Crippen molar-refractivity contribution in [3.8, 4) is 0 Å². The van der Waals surface area contributed by atoms with Crippen LogP contribution in [0.5, 0.6) is 0 Å². The van der Waals surface area contributed by atoms with Crippen molar-refractivity contribution in [3.05, 3.63) is 150 Å². The van der Waals surface area contributed by atoms with Gasteiger partial charge in [0.2, 0.25) is 0 Å². The first-order valence-electron chi connectivity index (χ1n) is 11.9. The molecule has 0 saturated carbocycles. The molecule has 1 aliphatic rings. The Kier molecular flexibility index (Phi) is 9.20. The summed E-state index contributed by atoms with van der Waals surface area (Å²) >= 11 is 3.66. The summed E-state index contributed by atoms with van der Waals surface area (Å²) in [4.78, 5) is 5.11. The van der Waals surface area contributed by atoms with Crippen LogP contribution in [-0.4, -0.2) is 9.80 Å². The first-order chi connectivity index (χ1) is 17.2. The van der Waals surface area contributed by atoms with Crippen LogP contribution in [0.3, 0.4) is 0 Å². The number of rotatable bonds is 6. The molecule has 1 heterocycles. The van der Waals surface area contributed by atoms with Crippen LogP contribution in [0.1, 0.15) is 60.3 Å². The minimum absolute atomic E-state index is 0.204. The van der Waals surface area contributed by atoms with Gasteiger partial charge in [-0.25, -0.2) is 6.67 Å². The molecule has 0 aliphatic carbocycles. The SMILES string of the molecule is C[C@H](c1ccccc1)N1[CH-]N([C@H](C)c2ccccc2)[C@H](c2ccccc2)[C@H]1c1ccccc1.[Cl][Cu+]. The first-order valence-corrected chi connectivity index (χ1v) is 13.2. The molecule has 2 nitrogen and oxygen atoms in total. The van der Waals surface area contributed by atoms with E-state index in [1.54, 1.807) is 0 Å². The topological polar surface area (TPSA) is 6.48 Å². The van der Waals surface area contributed by atoms with Crippen LogP contribution >= 0.6 is 10.1 Å². The molecule has 4 heteroatoms. The molecule has 0 unspecified atom stereocenters. The van der Waals surface area contributed by atoms with Gasteiger partial charge >= 0.3 is 25.2 Å². The Morgan fingerprint density at radius 3 is 1.14 bits per heavy atom. The first kappa shape index (κ1) is 25.7. The molecule has 4 aromatic rings. The molecule has 4 aromatic carbocycles. The number of nitrogens with zero attached hydrogens (tertiary/aromatic N) is 2. The van der Waals surface area contributed by atoms with Crippen molar-refractivity contribution in [2.75, 3.05) is 0 Å². The molecule has 0 amide bonds.